The monoisotopic (exact) mass is 278 g/mol. The van der Waals surface area contributed by atoms with Crippen LogP contribution in [0.5, 0.6) is 0 Å². The second-order valence-electron chi connectivity index (χ2n) is 5.95. The molecule has 1 aliphatic heterocycles. The van der Waals surface area contributed by atoms with Crippen molar-refractivity contribution in [3.63, 3.8) is 0 Å². The van der Waals surface area contributed by atoms with Gasteiger partial charge in [-0.25, -0.2) is 4.39 Å². The maximum atomic E-state index is 13.2. The van der Waals surface area contributed by atoms with Crippen molar-refractivity contribution in [3.8, 4) is 0 Å². The number of rotatable bonds is 5. The van der Waals surface area contributed by atoms with E-state index in [-0.39, 0.29) is 5.82 Å². The molecule has 0 spiro atoms. The SMILES string of the molecule is Cc1cc(F)ccc1CN1CCOCC1CNC1CC1. The summed E-state index contributed by atoms with van der Waals surface area (Å²) in [6.07, 6.45) is 2.62. The second-order valence-corrected chi connectivity index (χ2v) is 5.95. The lowest BCUT2D eigenvalue weighted by molar-refractivity contribution is -0.0111. The first-order valence-corrected chi connectivity index (χ1v) is 7.52. The zero-order valence-electron chi connectivity index (χ0n) is 12.1. The summed E-state index contributed by atoms with van der Waals surface area (Å²) in [5.74, 6) is -0.153. The fraction of sp³-hybridized carbons (Fsp3) is 0.625. The molecule has 1 saturated heterocycles. The van der Waals surface area contributed by atoms with Gasteiger partial charge in [-0.1, -0.05) is 6.07 Å². The van der Waals surface area contributed by atoms with Gasteiger partial charge in [0.05, 0.1) is 13.2 Å². The molecule has 3 nitrogen and oxygen atoms in total. The molecule has 1 unspecified atom stereocenters. The lowest BCUT2D eigenvalue weighted by Gasteiger charge is -2.36. The molecular weight excluding hydrogens is 255 g/mol. The standard InChI is InChI=1S/C16H23FN2O/c1-12-8-14(17)3-2-13(12)10-19-6-7-20-11-16(19)9-18-15-4-5-15/h2-3,8,15-16,18H,4-7,9-11H2,1H3. The number of ether oxygens (including phenoxy) is 1. The van der Waals surface area contributed by atoms with Gasteiger partial charge in [0.2, 0.25) is 0 Å². The van der Waals surface area contributed by atoms with E-state index in [1.54, 1.807) is 12.1 Å². The molecule has 3 rings (SSSR count). The van der Waals surface area contributed by atoms with Gasteiger partial charge in [-0.15, -0.1) is 0 Å². The highest BCUT2D eigenvalue weighted by Crippen LogP contribution is 2.20. The van der Waals surface area contributed by atoms with Gasteiger partial charge < -0.3 is 10.1 Å². The van der Waals surface area contributed by atoms with Crippen LogP contribution in [-0.4, -0.2) is 43.3 Å². The topological polar surface area (TPSA) is 24.5 Å². The molecular formula is C16H23FN2O. The number of aryl methyl sites for hydroxylation is 1. The largest absolute Gasteiger partial charge is 0.378 e. The maximum absolute atomic E-state index is 13.2. The Balaban J connectivity index is 1.62. The summed E-state index contributed by atoms with van der Waals surface area (Å²) in [7, 11) is 0. The highest BCUT2D eigenvalue weighted by molar-refractivity contribution is 5.26. The molecule has 110 valence electrons. The van der Waals surface area contributed by atoms with E-state index in [1.807, 2.05) is 13.0 Å². The molecule has 0 bridgehead atoms. The number of nitrogens with one attached hydrogen (secondary N) is 1. The van der Waals surface area contributed by atoms with E-state index in [0.29, 0.717) is 6.04 Å². The van der Waals surface area contributed by atoms with Crippen molar-refractivity contribution < 1.29 is 9.13 Å². The van der Waals surface area contributed by atoms with Gasteiger partial charge in [0.1, 0.15) is 5.82 Å². The molecule has 1 aromatic carbocycles. The van der Waals surface area contributed by atoms with Gasteiger partial charge in [0.15, 0.2) is 0 Å². The summed E-state index contributed by atoms with van der Waals surface area (Å²) in [5, 5.41) is 3.58. The van der Waals surface area contributed by atoms with Crippen molar-refractivity contribution in [2.24, 2.45) is 0 Å². The van der Waals surface area contributed by atoms with Crippen LogP contribution >= 0.6 is 0 Å². The first-order chi connectivity index (χ1) is 9.72. The number of nitrogens with zero attached hydrogens (tertiary/aromatic N) is 1. The van der Waals surface area contributed by atoms with Crippen LogP contribution in [0.3, 0.4) is 0 Å². The number of hydrogen-bond acceptors (Lipinski definition) is 3. The first-order valence-electron chi connectivity index (χ1n) is 7.52. The molecule has 20 heavy (non-hydrogen) atoms. The van der Waals surface area contributed by atoms with Gasteiger partial charge in [0.25, 0.3) is 0 Å². The predicted octanol–water partition coefficient (Wildman–Crippen LogP) is 2.09. The summed E-state index contributed by atoms with van der Waals surface area (Å²) in [6, 6.07) is 6.24. The third-order valence-electron chi connectivity index (χ3n) is 4.25. The minimum atomic E-state index is -0.153. The number of hydrogen-bond donors (Lipinski definition) is 1. The molecule has 1 atom stereocenters. The second kappa shape index (κ2) is 6.20. The highest BCUT2D eigenvalue weighted by atomic mass is 19.1. The molecule has 1 aliphatic carbocycles. The molecule has 1 N–H and O–H groups in total. The predicted molar refractivity (Wildman–Crippen MR) is 77.2 cm³/mol. The summed E-state index contributed by atoms with van der Waals surface area (Å²) < 4.78 is 18.8. The van der Waals surface area contributed by atoms with Crippen LogP contribution in [0.15, 0.2) is 18.2 Å². The van der Waals surface area contributed by atoms with Crippen LogP contribution in [0.1, 0.15) is 24.0 Å². The summed E-state index contributed by atoms with van der Waals surface area (Å²) in [6.45, 7) is 6.39. The average molecular weight is 278 g/mol. The zero-order valence-corrected chi connectivity index (χ0v) is 12.1. The Labute approximate surface area is 120 Å². The Kier molecular flexibility index (Phi) is 4.34. The van der Waals surface area contributed by atoms with Gasteiger partial charge in [-0.2, -0.15) is 0 Å². The average Bonchev–Trinajstić information content (AvgIpc) is 3.25. The Morgan fingerprint density at radius 2 is 2.25 bits per heavy atom. The Morgan fingerprint density at radius 3 is 3.00 bits per heavy atom. The van der Waals surface area contributed by atoms with Gasteiger partial charge in [0, 0.05) is 31.7 Å². The third kappa shape index (κ3) is 3.57. The van der Waals surface area contributed by atoms with Gasteiger partial charge in [-0.05, 0) is 43.0 Å². The minimum absolute atomic E-state index is 0.153. The van der Waals surface area contributed by atoms with Crippen LogP contribution in [0.25, 0.3) is 0 Å². The van der Waals surface area contributed by atoms with Crippen LogP contribution < -0.4 is 5.32 Å². The van der Waals surface area contributed by atoms with Crippen molar-refractivity contribution in [1.82, 2.24) is 10.2 Å². The van der Waals surface area contributed by atoms with Crippen molar-refractivity contribution in [2.75, 3.05) is 26.3 Å². The van der Waals surface area contributed by atoms with Gasteiger partial charge >= 0.3 is 0 Å². The molecule has 0 amide bonds. The summed E-state index contributed by atoms with van der Waals surface area (Å²) >= 11 is 0. The lowest BCUT2D eigenvalue weighted by Crippen LogP contribution is -2.50. The molecule has 4 heteroatoms. The molecule has 1 saturated carbocycles. The summed E-state index contributed by atoms with van der Waals surface area (Å²) in [5.41, 5.74) is 2.25. The van der Waals surface area contributed by atoms with Crippen LogP contribution in [0.2, 0.25) is 0 Å². The number of benzene rings is 1. The van der Waals surface area contributed by atoms with E-state index in [0.717, 1.165) is 44.5 Å². The van der Waals surface area contributed by atoms with E-state index >= 15 is 0 Å². The quantitative estimate of drug-likeness (QED) is 0.892. The van der Waals surface area contributed by atoms with Gasteiger partial charge in [-0.3, -0.25) is 4.90 Å². The van der Waals surface area contributed by atoms with E-state index in [9.17, 15) is 4.39 Å². The van der Waals surface area contributed by atoms with Crippen molar-refractivity contribution in [3.05, 3.63) is 35.1 Å². The van der Waals surface area contributed by atoms with E-state index in [4.69, 9.17) is 4.74 Å². The fourth-order valence-corrected chi connectivity index (χ4v) is 2.73. The summed E-state index contributed by atoms with van der Waals surface area (Å²) in [4.78, 5) is 2.46. The Bertz CT molecular complexity index is 462. The smallest absolute Gasteiger partial charge is 0.123 e. The molecule has 0 aromatic heterocycles. The highest BCUT2D eigenvalue weighted by Gasteiger charge is 2.27. The molecule has 0 radical (unpaired) electrons. The van der Waals surface area contributed by atoms with Crippen LogP contribution in [-0.2, 0) is 11.3 Å². The Morgan fingerprint density at radius 1 is 1.40 bits per heavy atom. The van der Waals surface area contributed by atoms with Crippen molar-refractivity contribution >= 4 is 0 Å². The van der Waals surface area contributed by atoms with Crippen molar-refractivity contribution in [2.45, 2.75) is 38.4 Å². The minimum Gasteiger partial charge on any atom is -0.378 e. The zero-order chi connectivity index (χ0) is 13.9. The lowest BCUT2D eigenvalue weighted by atomic mass is 10.1. The molecule has 1 aromatic rings. The van der Waals surface area contributed by atoms with Crippen molar-refractivity contribution in [1.29, 1.82) is 0 Å². The third-order valence-corrected chi connectivity index (χ3v) is 4.25. The first kappa shape index (κ1) is 14.0. The van der Waals surface area contributed by atoms with E-state index in [2.05, 4.69) is 10.2 Å². The fourth-order valence-electron chi connectivity index (χ4n) is 2.73. The van der Waals surface area contributed by atoms with E-state index in [1.165, 1.54) is 18.4 Å². The van der Waals surface area contributed by atoms with E-state index < -0.39 is 0 Å². The molecule has 2 aliphatic rings. The maximum Gasteiger partial charge on any atom is 0.123 e. The normalized spacial score (nSPS) is 24.0. The molecule has 1 heterocycles. The van der Waals surface area contributed by atoms with Crippen LogP contribution in [0.4, 0.5) is 4.39 Å². The number of halogens is 1. The molecule has 2 fully saturated rings. The number of morpholine rings is 1. The Hall–Kier alpha value is -0.970. The van der Waals surface area contributed by atoms with Crippen LogP contribution in [0, 0.1) is 12.7 Å².